The fraction of sp³-hybridized carbons (Fsp3) is 0.250. The summed E-state index contributed by atoms with van der Waals surface area (Å²) in [5.41, 5.74) is 1.36. The van der Waals surface area contributed by atoms with E-state index in [0.717, 1.165) is 19.3 Å². The molecule has 0 atom stereocenters. The first-order valence-corrected chi connectivity index (χ1v) is 4.22. The maximum Gasteiger partial charge on any atom is 0.0129 e. The Bertz CT molecular complexity index is 261. The van der Waals surface area contributed by atoms with Crippen molar-refractivity contribution in [3.05, 3.63) is 42.8 Å². The molecule has 0 aliphatic carbocycles. The molecule has 1 radical (unpaired) electrons. The van der Waals surface area contributed by atoms with Gasteiger partial charge in [0.1, 0.15) is 0 Å². The van der Waals surface area contributed by atoms with Crippen LogP contribution in [-0.2, 0) is 6.42 Å². The van der Waals surface area contributed by atoms with Gasteiger partial charge in [0.2, 0.25) is 0 Å². The quantitative estimate of drug-likeness (QED) is 0.579. The largest absolute Gasteiger partial charge is 0.103 e. The van der Waals surface area contributed by atoms with Gasteiger partial charge in [-0.1, -0.05) is 30.3 Å². The van der Waals surface area contributed by atoms with E-state index in [0.29, 0.717) is 0 Å². The van der Waals surface area contributed by atoms with Crippen molar-refractivity contribution in [2.75, 3.05) is 0 Å². The van der Waals surface area contributed by atoms with Crippen LogP contribution in [0.25, 0.3) is 0 Å². The van der Waals surface area contributed by atoms with E-state index in [1.165, 1.54) is 5.56 Å². The first kappa shape index (κ1) is 8.87. The number of aryl methyl sites for hydroxylation is 1. The van der Waals surface area contributed by atoms with Gasteiger partial charge in [0.15, 0.2) is 0 Å². The monoisotopic (exact) mass is 157 g/mol. The molecule has 1 rings (SSSR count). The van der Waals surface area contributed by atoms with Crippen molar-refractivity contribution in [1.29, 1.82) is 0 Å². The van der Waals surface area contributed by atoms with Crippen LogP contribution in [0.1, 0.15) is 18.4 Å². The van der Waals surface area contributed by atoms with Crippen LogP contribution in [-0.4, -0.2) is 0 Å². The zero-order valence-corrected chi connectivity index (χ0v) is 7.22. The average Bonchev–Trinajstić information content (AvgIpc) is 2.14. The molecule has 61 valence electrons. The molecule has 0 unspecified atom stereocenters. The van der Waals surface area contributed by atoms with Crippen molar-refractivity contribution < 1.29 is 0 Å². The van der Waals surface area contributed by atoms with E-state index in [9.17, 15) is 0 Å². The average molecular weight is 157 g/mol. The smallest absolute Gasteiger partial charge is 0.0129 e. The van der Waals surface area contributed by atoms with Gasteiger partial charge in [-0.3, -0.25) is 0 Å². The Kier molecular flexibility index (Phi) is 4.02. The van der Waals surface area contributed by atoms with Crippen LogP contribution in [0.15, 0.2) is 30.3 Å². The van der Waals surface area contributed by atoms with E-state index in [4.69, 9.17) is 0 Å². The minimum Gasteiger partial charge on any atom is -0.103 e. The van der Waals surface area contributed by atoms with Gasteiger partial charge in [-0.15, -0.1) is 11.8 Å². The lowest BCUT2D eigenvalue weighted by molar-refractivity contribution is 1.03. The Labute approximate surface area is 74.6 Å². The molecular weight excluding hydrogens is 144 g/mol. The summed E-state index contributed by atoms with van der Waals surface area (Å²) in [5.74, 6) is 6.03. The molecule has 0 aliphatic heterocycles. The molecule has 0 spiro atoms. The van der Waals surface area contributed by atoms with Gasteiger partial charge in [-0.2, -0.15) is 0 Å². The summed E-state index contributed by atoms with van der Waals surface area (Å²) in [6.07, 6.45) is 2.71. The van der Waals surface area contributed by atoms with E-state index in [-0.39, 0.29) is 0 Å². The third-order valence-corrected chi connectivity index (χ3v) is 1.63. The molecule has 0 fully saturated rings. The predicted molar refractivity (Wildman–Crippen MR) is 52.5 cm³/mol. The Morgan fingerprint density at radius 3 is 2.50 bits per heavy atom. The number of hydrogen-bond acceptors (Lipinski definition) is 0. The Hall–Kier alpha value is -1.22. The van der Waals surface area contributed by atoms with Crippen molar-refractivity contribution >= 4 is 0 Å². The summed E-state index contributed by atoms with van der Waals surface area (Å²) in [5, 5.41) is 0. The standard InChI is InChI=1S/C12H13/c1-2-3-4-6-9-12-10-7-5-8-11-12/h5,7-8,10-11H,1-2,6,9H2. The van der Waals surface area contributed by atoms with E-state index in [1.54, 1.807) is 0 Å². The summed E-state index contributed by atoms with van der Waals surface area (Å²) in [6, 6.07) is 10.4. The van der Waals surface area contributed by atoms with Crippen LogP contribution in [0, 0.1) is 18.8 Å². The lowest BCUT2D eigenvalue weighted by Gasteiger charge is -1.94. The molecule has 0 aliphatic rings. The summed E-state index contributed by atoms with van der Waals surface area (Å²) in [6.45, 7) is 3.66. The zero-order chi connectivity index (χ0) is 8.65. The maximum atomic E-state index is 3.66. The lowest BCUT2D eigenvalue weighted by atomic mass is 10.1. The molecule has 0 N–H and O–H groups in total. The topological polar surface area (TPSA) is 0 Å². The minimum atomic E-state index is 0.717. The number of rotatable bonds is 2. The minimum absolute atomic E-state index is 0.717. The summed E-state index contributed by atoms with van der Waals surface area (Å²) >= 11 is 0. The van der Waals surface area contributed by atoms with Gasteiger partial charge < -0.3 is 0 Å². The number of hydrogen-bond donors (Lipinski definition) is 0. The molecule has 0 aromatic heterocycles. The molecule has 0 amide bonds. The van der Waals surface area contributed by atoms with Gasteiger partial charge in [-0.25, -0.2) is 0 Å². The van der Waals surface area contributed by atoms with Crippen LogP contribution in [0.4, 0.5) is 0 Å². The van der Waals surface area contributed by atoms with Crippen LogP contribution < -0.4 is 0 Å². The Morgan fingerprint density at radius 2 is 1.83 bits per heavy atom. The molecule has 0 heteroatoms. The molecule has 0 heterocycles. The molecule has 0 saturated carbocycles. The lowest BCUT2D eigenvalue weighted by Crippen LogP contribution is -1.81. The van der Waals surface area contributed by atoms with Crippen molar-refractivity contribution in [2.24, 2.45) is 0 Å². The molecule has 1 aromatic carbocycles. The summed E-state index contributed by atoms with van der Waals surface area (Å²) < 4.78 is 0. The summed E-state index contributed by atoms with van der Waals surface area (Å²) in [4.78, 5) is 0. The van der Waals surface area contributed by atoms with Crippen molar-refractivity contribution in [1.82, 2.24) is 0 Å². The molecule has 0 bridgehead atoms. The van der Waals surface area contributed by atoms with E-state index >= 15 is 0 Å². The molecule has 0 nitrogen and oxygen atoms in total. The maximum absolute atomic E-state index is 3.66. The third kappa shape index (κ3) is 3.25. The Balaban J connectivity index is 2.34. The second-order valence-electron chi connectivity index (χ2n) is 2.59. The highest BCUT2D eigenvalue weighted by Gasteiger charge is 1.86. The summed E-state index contributed by atoms with van der Waals surface area (Å²) in [7, 11) is 0. The van der Waals surface area contributed by atoms with Crippen LogP contribution in [0.3, 0.4) is 0 Å². The van der Waals surface area contributed by atoms with Crippen molar-refractivity contribution in [2.45, 2.75) is 19.3 Å². The third-order valence-electron chi connectivity index (χ3n) is 1.63. The van der Waals surface area contributed by atoms with Gasteiger partial charge in [0.05, 0.1) is 0 Å². The van der Waals surface area contributed by atoms with Gasteiger partial charge in [0, 0.05) is 12.8 Å². The fourth-order valence-corrected chi connectivity index (χ4v) is 1.03. The second kappa shape index (κ2) is 5.43. The van der Waals surface area contributed by atoms with Gasteiger partial charge in [0.25, 0.3) is 0 Å². The van der Waals surface area contributed by atoms with E-state index in [2.05, 4.69) is 43.0 Å². The first-order chi connectivity index (χ1) is 5.93. The highest BCUT2D eigenvalue weighted by molar-refractivity contribution is 5.16. The molecule has 1 aromatic rings. The zero-order valence-electron chi connectivity index (χ0n) is 7.22. The fourth-order valence-electron chi connectivity index (χ4n) is 1.03. The van der Waals surface area contributed by atoms with E-state index < -0.39 is 0 Å². The molecule has 0 saturated heterocycles. The predicted octanol–water partition coefficient (Wildman–Crippen LogP) is 2.85. The molecule has 12 heavy (non-hydrogen) atoms. The highest BCUT2D eigenvalue weighted by atomic mass is 13.9. The van der Waals surface area contributed by atoms with Gasteiger partial charge >= 0.3 is 0 Å². The van der Waals surface area contributed by atoms with Crippen LogP contribution >= 0.6 is 0 Å². The van der Waals surface area contributed by atoms with E-state index in [1.807, 2.05) is 6.07 Å². The highest BCUT2D eigenvalue weighted by Crippen LogP contribution is 2.00. The first-order valence-electron chi connectivity index (χ1n) is 4.22. The Morgan fingerprint density at radius 1 is 1.08 bits per heavy atom. The van der Waals surface area contributed by atoms with Crippen molar-refractivity contribution in [3.63, 3.8) is 0 Å². The van der Waals surface area contributed by atoms with Crippen LogP contribution in [0.5, 0.6) is 0 Å². The van der Waals surface area contributed by atoms with Gasteiger partial charge in [-0.05, 0) is 18.9 Å². The normalized spacial score (nSPS) is 8.75. The number of benzene rings is 1. The van der Waals surface area contributed by atoms with Crippen molar-refractivity contribution in [3.8, 4) is 11.8 Å². The second-order valence-corrected chi connectivity index (χ2v) is 2.59. The van der Waals surface area contributed by atoms with Crippen LogP contribution in [0.2, 0.25) is 0 Å². The SMILES string of the molecule is [CH2]CC#CCCc1ccccc1. The molecular formula is C12H13.